The molecule has 0 heterocycles. The third-order valence-electron chi connectivity index (χ3n) is 4.30. The number of nitrogens with one attached hydrogen (secondary N) is 1. The van der Waals surface area contributed by atoms with Gasteiger partial charge in [0, 0.05) is 12.3 Å². The van der Waals surface area contributed by atoms with Gasteiger partial charge < -0.3 is 14.8 Å². The zero-order valence-electron chi connectivity index (χ0n) is 19.0. The molecule has 0 atom stereocenters. The van der Waals surface area contributed by atoms with E-state index in [1.54, 1.807) is 0 Å². The van der Waals surface area contributed by atoms with Crippen molar-refractivity contribution in [2.45, 2.75) is 59.7 Å². The number of esters is 1. The third kappa shape index (κ3) is 9.47. The van der Waals surface area contributed by atoms with Crippen LogP contribution in [-0.2, 0) is 27.3 Å². The summed E-state index contributed by atoms with van der Waals surface area (Å²) in [6.45, 7) is 10.0. The average molecular weight is 425 g/mol. The normalized spacial score (nSPS) is 11.7. The SMILES string of the molecule is CC(CC(=O)OCc1ccccc1)=Nc1ccc(CCNC(=O)OC(C)(C)C)cc1C. The second kappa shape index (κ2) is 11.3. The second-order valence-corrected chi connectivity index (χ2v) is 8.47. The van der Waals surface area contributed by atoms with Gasteiger partial charge in [-0.3, -0.25) is 9.79 Å². The summed E-state index contributed by atoms with van der Waals surface area (Å²) in [7, 11) is 0. The minimum absolute atomic E-state index is 0.147. The fourth-order valence-corrected chi connectivity index (χ4v) is 2.86. The van der Waals surface area contributed by atoms with E-state index in [1.165, 1.54) is 0 Å². The van der Waals surface area contributed by atoms with Crippen LogP contribution < -0.4 is 5.32 Å². The molecular formula is C25H32N2O4. The molecule has 0 aliphatic carbocycles. The molecule has 0 bridgehead atoms. The van der Waals surface area contributed by atoms with Gasteiger partial charge in [0.1, 0.15) is 12.2 Å². The molecule has 6 nitrogen and oxygen atoms in total. The molecule has 0 radical (unpaired) electrons. The van der Waals surface area contributed by atoms with Crippen molar-refractivity contribution >= 4 is 23.5 Å². The average Bonchev–Trinajstić information content (AvgIpc) is 2.68. The van der Waals surface area contributed by atoms with E-state index in [9.17, 15) is 9.59 Å². The fourth-order valence-electron chi connectivity index (χ4n) is 2.86. The van der Waals surface area contributed by atoms with Crippen LogP contribution in [0.1, 0.15) is 50.8 Å². The highest BCUT2D eigenvalue weighted by Gasteiger charge is 2.15. The number of rotatable bonds is 8. The first-order valence-electron chi connectivity index (χ1n) is 10.4. The zero-order chi connectivity index (χ0) is 22.9. The molecule has 2 rings (SSSR count). The van der Waals surface area contributed by atoms with E-state index in [0.717, 1.165) is 22.4 Å². The highest BCUT2D eigenvalue weighted by atomic mass is 16.6. The van der Waals surface area contributed by atoms with Crippen LogP contribution in [0.15, 0.2) is 53.5 Å². The lowest BCUT2D eigenvalue weighted by Gasteiger charge is -2.19. The number of hydrogen-bond donors (Lipinski definition) is 1. The molecule has 1 N–H and O–H groups in total. The van der Waals surface area contributed by atoms with Crippen molar-refractivity contribution in [1.29, 1.82) is 0 Å². The molecule has 0 aliphatic rings. The number of benzene rings is 2. The molecule has 31 heavy (non-hydrogen) atoms. The lowest BCUT2D eigenvalue weighted by molar-refractivity contribution is -0.143. The van der Waals surface area contributed by atoms with Gasteiger partial charge in [-0.2, -0.15) is 0 Å². The summed E-state index contributed by atoms with van der Waals surface area (Å²) in [6.07, 6.45) is 0.420. The van der Waals surface area contributed by atoms with Gasteiger partial charge in [-0.25, -0.2) is 4.79 Å². The number of ether oxygens (including phenoxy) is 2. The van der Waals surface area contributed by atoms with E-state index in [0.29, 0.717) is 18.7 Å². The molecule has 6 heteroatoms. The van der Waals surface area contributed by atoms with Crippen LogP contribution in [-0.4, -0.2) is 29.9 Å². The molecule has 2 aromatic carbocycles. The maximum atomic E-state index is 12.1. The number of amides is 1. The Labute approximate surface area is 184 Å². The van der Waals surface area contributed by atoms with Crippen molar-refractivity contribution < 1.29 is 19.1 Å². The van der Waals surface area contributed by atoms with E-state index in [-0.39, 0.29) is 19.0 Å². The largest absolute Gasteiger partial charge is 0.461 e. The van der Waals surface area contributed by atoms with Crippen LogP contribution >= 0.6 is 0 Å². The van der Waals surface area contributed by atoms with E-state index in [1.807, 2.05) is 83.1 Å². The molecule has 0 aliphatic heterocycles. The van der Waals surface area contributed by atoms with Crippen molar-refractivity contribution in [3.05, 3.63) is 65.2 Å². The Bertz CT molecular complexity index is 915. The number of carbonyl (C=O) groups is 2. The smallest absolute Gasteiger partial charge is 0.407 e. The van der Waals surface area contributed by atoms with E-state index in [4.69, 9.17) is 9.47 Å². The third-order valence-corrected chi connectivity index (χ3v) is 4.30. The van der Waals surface area contributed by atoms with Gasteiger partial charge >= 0.3 is 12.1 Å². The predicted molar refractivity (Wildman–Crippen MR) is 123 cm³/mol. The summed E-state index contributed by atoms with van der Waals surface area (Å²) in [4.78, 5) is 28.4. The van der Waals surface area contributed by atoms with E-state index < -0.39 is 11.7 Å². The highest BCUT2D eigenvalue weighted by molar-refractivity contribution is 5.98. The molecule has 0 fully saturated rings. The number of aryl methyl sites for hydroxylation is 1. The number of nitrogens with zero attached hydrogens (tertiary/aromatic N) is 1. The van der Waals surface area contributed by atoms with Gasteiger partial charge in [-0.1, -0.05) is 42.5 Å². The molecule has 0 unspecified atom stereocenters. The van der Waals surface area contributed by atoms with Crippen LogP contribution in [0.3, 0.4) is 0 Å². The molecule has 1 amide bonds. The van der Waals surface area contributed by atoms with Crippen molar-refractivity contribution in [2.75, 3.05) is 6.54 Å². The Kier molecular flexibility index (Phi) is 8.79. The number of aliphatic imine (C=N–C) groups is 1. The van der Waals surface area contributed by atoms with Crippen molar-refractivity contribution in [3.8, 4) is 0 Å². The van der Waals surface area contributed by atoms with Gasteiger partial charge in [0.2, 0.25) is 0 Å². The minimum Gasteiger partial charge on any atom is -0.461 e. The highest BCUT2D eigenvalue weighted by Crippen LogP contribution is 2.21. The Hall–Kier alpha value is -3.15. The maximum absolute atomic E-state index is 12.1. The summed E-state index contributed by atoms with van der Waals surface area (Å²) >= 11 is 0. The summed E-state index contributed by atoms with van der Waals surface area (Å²) in [5, 5.41) is 2.76. The van der Waals surface area contributed by atoms with Gasteiger partial charge in [0.15, 0.2) is 0 Å². The molecule has 166 valence electrons. The minimum atomic E-state index is -0.508. The fraction of sp³-hybridized carbons (Fsp3) is 0.400. The molecule has 0 saturated carbocycles. The topological polar surface area (TPSA) is 77.0 Å². The summed E-state index contributed by atoms with van der Waals surface area (Å²) < 4.78 is 10.5. The predicted octanol–water partition coefficient (Wildman–Crippen LogP) is 5.29. The molecule has 0 spiro atoms. The first-order chi connectivity index (χ1) is 14.6. The van der Waals surface area contributed by atoms with Gasteiger partial charge in [0.25, 0.3) is 0 Å². The molecule has 2 aromatic rings. The Morgan fingerprint density at radius 2 is 1.74 bits per heavy atom. The van der Waals surface area contributed by atoms with Gasteiger partial charge in [0.05, 0.1) is 12.1 Å². The first-order valence-corrected chi connectivity index (χ1v) is 10.4. The summed E-state index contributed by atoms with van der Waals surface area (Å²) in [5.41, 5.74) is 4.06. The Balaban J connectivity index is 1.83. The number of alkyl carbamates (subject to hydrolysis) is 1. The van der Waals surface area contributed by atoms with Gasteiger partial charge in [-0.05, 0) is 63.8 Å². The first kappa shape index (κ1) is 24.1. The summed E-state index contributed by atoms with van der Waals surface area (Å²) in [6, 6.07) is 15.5. The Morgan fingerprint density at radius 3 is 2.39 bits per heavy atom. The van der Waals surface area contributed by atoms with Crippen molar-refractivity contribution in [1.82, 2.24) is 5.32 Å². The molecular weight excluding hydrogens is 392 g/mol. The van der Waals surface area contributed by atoms with E-state index in [2.05, 4.69) is 10.3 Å². The lowest BCUT2D eigenvalue weighted by Crippen LogP contribution is -2.33. The quantitative estimate of drug-likeness (QED) is 0.461. The summed E-state index contributed by atoms with van der Waals surface area (Å²) in [5.74, 6) is -0.299. The molecule has 0 aromatic heterocycles. The Morgan fingerprint density at radius 1 is 1.03 bits per heavy atom. The number of carbonyl (C=O) groups excluding carboxylic acids is 2. The van der Waals surface area contributed by atoms with Crippen LogP contribution in [0.4, 0.5) is 10.5 Å². The van der Waals surface area contributed by atoms with Crippen molar-refractivity contribution in [3.63, 3.8) is 0 Å². The van der Waals surface area contributed by atoms with E-state index >= 15 is 0 Å². The second-order valence-electron chi connectivity index (χ2n) is 8.47. The van der Waals surface area contributed by atoms with Crippen LogP contribution in [0.2, 0.25) is 0 Å². The lowest BCUT2D eigenvalue weighted by atomic mass is 10.1. The monoisotopic (exact) mass is 424 g/mol. The number of hydrogen-bond acceptors (Lipinski definition) is 5. The molecule has 0 saturated heterocycles. The maximum Gasteiger partial charge on any atom is 0.407 e. The van der Waals surface area contributed by atoms with Crippen molar-refractivity contribution in [2.24, 2.45) is 4.99 Å². The zero-order valence-corrected chi connectivity index (χ0v) is 19.0. The van der Waals surface area contributed by atoms with Crippen LogP contribution in [0, 0.1) is 6.92 Å². The standard InChI is InChI=1S/C25H32N2O4/c1-18-15-20(13-14-26-24(29)31-25(3,4)5)11-12-22(18)27-19(2)16-23(28)30-17-21-9-7-6-8-10-21/h6-12,15H,13-14,16-17H2,1-5H3,(H,26,29). The van der Waals surface area contributed by atoms with Crippen LogP contribution in [0.5, 0.6) is 0 Å². The van der Waals surface area contributed by atoms with Crippen LogP contribution in [0.25, 0.3) is 0 Å². The van der Waals surface area contributed by atoms with Gasteiger partial charge in [-0.15, -0.1) is 0 Å².